The van der Waals surface area contributed by atoms with Crippen LogP contribution < -0.4 is 0 Å². The van der Waals surface area contributed by atoms with Crippen molar-refractivity contribution in [2.75, 3.05) is 6.61 Å². The van der Waals surface area contributed by atoms with Crippen molar-refractivity contribution in [3.63, 3.8) is 0 Å². The van der Waals surface area contributed by atoms with E-state index in [2.05, 4.69) is 0 Å². The van der Waals surface area contributed by atoms with E-state index < -0.39 is 18.6 Å². The number of rotatable bonds is 2. The maximum absolute atomic E-state index is 13.8. The fourth-order valence-electron chi connectivity index (χ4n) is 2.26. The Hall–Kier alpha value is -1.59. The van der Waals surface area contributed by atoms with Gasteiger partial charge in [-0.1, -0.05) is 24.3 Å². The lowest BCUT2D eigenvalue weighted by Gasteiger charge is -2.31. The Kier molecular flexibility index (Phi) is 2.95. The number of carbonyl (C=O) groups is 1. The number of fused-ring (bicyclic) bond motifs is 1. The van der Waals surface area contributed by atoms with Crippen LogP contribution in [-0.4, -0.2) is 12.9 Å². The SMILES string of the molecule is O=Cc1cc(C2OCC(F)(F)c3ccccc32)cs1. The summed E-state index contributed by atoms with van der Waals surface area (Å²) < 4.78 is 32.9. The average molecular weight is 280 g/mol. The Labute approximate surface area is 112 Å². The van der Waals surface area contributed by atoms with Crippen LogP contribution >= 0.6 is 11.3 Å². The van der Waals surface area contributed by atoms with Crippen molar-refractivity contribution in [2.45, 2.75) is 12.0 Å². The molecule has 1 aromatic carbocycles. The standard InChI is InChI=1S/C14H10F2O2S/c15-14(16)8-18-13(9-5-10(6-17)19-7-9)11-3-1-2-4-12(11)14/h1-7,13H,8H2. The molecule has 1 aromatic heterocycles. The van der Waals surface area contributed by atoms with Gasteiger partial charge in [0.2, 0.25) is 0 Å². The van der Waals surface area contributed by atoms with Crippen LogP contribution in [0.3, 0.4) is 0 Å². The smallest absolute Gasteiger partial charge is 0.296 e. The largest absolute Gasteiger partial charge is 0.362 e. The molecule has 1 unspecified atom stereocenters. The lowest BCUT2D eigenvalue weighted by atomic mass is 9.92. The number of thiophene rings is 1. The zero-order chi connectivity index (χ0) is 13.5. The lowest BCUT2D eigenvalue weighted by molar-refractivity contribution is -0.115. The minimum atomic E-state index is -2.96. The first-order chi connectivity index (χ1) is 9.12. The van der Waals surface area contributed by atoms with E-state index in [1.165, 1.54) is 17.4 Å². The molecule has 0 bridgehead atoms. The van der Waals surface area contributed by atoms with Crippen molar-refractivity contribution >= 4 is 17.6 Å². The first-order valence-electron chi connectivity index (χ1n) is 5.74. The number of halogens is 2. The number of hydrogen-bond acceptors (Lipinski definition) is 3. The van der Waals surface area contributed by atoms with Gasteiger partial charge in [0, 0.05) is 5.56 Å². The van der Waals surface area contributed by atoms with Crippen LogP contribution in [0.25, 0.3) is 0 Å². The van der Waals surface area contributed by atoms with Crippen LogP contribution in [0.1, 0.15) is 32.5 Å². The van der Waals surface area contributed by atoms with Crippen LogP contribution in [0.5, 0.6) is 0 Å². The van der Waals surface area contributed by atoms with Gasteiger partial charge in [0.25, 0.3) is 5.92 Å². The van der Waals surface area contributed by atoms with Gasteiger partial charge in [0.15, 0.2) is 6.29 Å². The molecule has 0 saturated heterocycles. The van der Waals surface area contributed by atoms with Crippen LogP contribution in [0.15, 0.2) is 35.7 Å². The van der Waals surface area contributed by atoms with E-state index in [1.54, 1.807) is 29.6 Å². The first-order valence-corrected chi connectivity index (χ1v) is 6.62. The van der Waals surface area contributed by atoms with E-state index in [0.717, 1.165) is 11.8 Å². The molecule has 0 amide bonds. The molecule has 2 heterocycles. The quantitative estimate of drug-likeness (QED) is 0.783. The molecule has 98 valence electrons. The average Bonchev–Trinajstić information content (AvgIpc) is 2.88. The summed E-state index contributed by atoms with van der Waals surface area (Å²) in [6, 6.07) is 8.06. The van der Waals surface area contributed by atoms with E-state index in [9.17, 15) is 13.6 Å². The second kappa shape index (κ2) is 4.51. The van der Waals surface area contributed by atoms with E-state index >= 15 is 0 Å². The van der Waals surface area contributed by atoms with Crippen molar-refractivity contribution in [3.8, 4) is 0 Å². The third kappa shape index (κ3) is 2.09. The predicted molar refractivity (Wildman–Crippen MR) is 67.8 cm³/mol. The Morgan fingerprint density at radius 3 is 2.89 bits per heavy atom. The molecule has 0 radical (unpaired) electrons. The van der Waals surface area contributed by atoms with E-state index in [4.69, 9.17) is 4.74 Å². The molecular weight excluding hydrogens is 270 g/mol. The summed E-state index contributed by atoms with van der Waals surface area (Å²) in [4.78, 5) is 11.3. The second-order valence-electron chi connectivity index (χ2n) is 4.38. The van der Waals surface area contributed by atoms with Gasteiger partial charge >= 0.3 is 0 Å². The summed E-state index contributed by atoms with van der Waals surface area (Å²) in [6.45, 7) is -0.638. The zero-order valence-corrected chi connectivity index (χ0v) is 10.6. The minimum absolute atomic E-state index is 0.00473. The fourth-order valence-corrected chi connectivity index (χ4v) is 2.98. The molecule has 3 rings (SSSR count). The molecule has 0 fully saturated rings. The number of ether oxygens (including phenoxy) is 1. The van der Waals surface area contributed by atoms with Gasteiger partial charge in [-0.15, -0.1) is 11.3 Å². The van der Waals surface area contributed by atoms with Crippen molar-refractivity contribution in [1.82, 2.24) is 0 Å². The molecule has 1 atom stereocenters. The molecular formula is C14H10F2O2S. The van der Waals surface area contributed by atoms with Crippen LogP contribution in [0.2, 0.25) is 0 Å². The predicted octanol–water partition coefficient (Wildman–Crippen LogP) is 3.77. The maximum atomic E-state index is 13.8. The Bertz CT molecular complexity index is 621. The van der Waals surface area contributed by atoms with Gasteiger partial charge in [-0.3, -0.25) is 4.79 Å². The molecule has 2 nitrogen and oxygen atoms in total. The first kappa shape index (κ1) is 12.4. The van der Waals surface area contributed by atoms with Gasteiger partial charge in [0.1, 0.15) is 12.7 Å². The highest BCUT2D eigenvalue weighted by atomic mass is 32.1. The highest BCUT2D eigenvalue weighted by Crippen LogP contribution is 2.43. The van der Waals surface area contributed by atoms with Crippen molar-refractivity contribution in [3.05, 3.63) is 57.3 Å². The molecule has 19 heavy (non-hydrogen) atoms. The number of alkyl halides is 2. The molecule has 0 saturated carbocycles. The van der Waals surface area contributed by atoms with E-state index in [0.29, 0.717) is 10.4 Å². The summed E-state index contributed by atoms with van der Waals surface area (Å²) in [6.07, 6.45) is 0.220. The Morgan fingerprint density at radius 1 is 1.37 bits per heavy atom. The summed E-state index contributed by atoms with van der Waals surface area (Å²) in [5, 5.41) is 1.77. The number of carbonyl (C=O) groups excluding carboxylic acids is 1. The van der Waals surface area contributed by atoms with Crippen molar-refractivity contribution in [2.24, 2.45) is 0 Å². The minimum Gasteiger partial charge on any atom is -0.362 e. The molecule has 2 aromatic rings. The maximum Gasteiger partial charge on any atom is 0.296 e. The van der Waals surface area contributed by atoms with Gasteiger partial charge in [-0.05, 0) is 22.6 Å². The van der Waals surface area contributed by atoms with E-state index in [-0.39, 0.29) is 5.56 Å². The number of aldehydes is 1. The molecule has 0 spiro atoms. The fraction of sp³-hybridized carbons (Fsp3) is 0.214. The topological polar surface area (TPSA) is 26.3 Å². The summed E-state index contributed by atoms with van der Waals surface area (Å²) in [7, 11) is 0. The van der Waals surface area contributed by atoms with Crippen molar-refractivity contribution in [1.29, 1.82) is 0 Å². The molecule has 5 heteroatoms. The monoisotopic (exact) mass is 280 g/mol. The van der Waals surface area contributed by atoms with Crippen LogP contribution in [-0.2, 0) is 10.7 Å². The third-order valence-electron chi connectivity index (χ3n) is 3.13. The second-order valence-corrected chi connectivity index (χ2v) is 5.33. The van der Waals surface area contributed by atoms with Gasteiger partial charge in [-0.2, -0.15) is 8.78 Å². The number of hydrogen-bond donors (Lipinski definition) is 0. The Morgan fingerprint density at radius 2 is 2.16 bits per heavy atom. The third-order valence-corrected chi connectivity index (χ3v) is 4.00. The van der Waals surface area contributed by atoms with Crippen molar-refractivity contribution < 1.29 is 18.3 Å². The van der Waals surface area contributed by atoms with Gasteiger partial charge < -0.3 is 4.74 Å². The van der Waals surface area contributed by atoms with E-state index in [1.807, 2.05) is 0 Å². The molecule has 0 aliphatic carbocycles. The highest BCUT2D eigenvalue weighted by molar-refractivity contribution is 7.11. The highest BCUT2D eigenvalue weighted by Gasteiger charge is 2.41. The Balaban J connectivity index is 2.07. The van der Waals surface area contributed by atoms with Crippen LogP contribution in [0.4, 0.5) is 8.78 Å². The lowest BCUT2D eigenvalue weighted by Crippen LogP contribution is -2.30. The zero-order valence-electron chi connectivity index (χ0n) is 9.81. The molecule has 1 aliphatic rings. The van der Waals surface area contributed by atoms with Crippen LogP contribution in [0, 0.1) is 0 Å². The normalized spacial score (nSPS) is 20.8. The molecule has 1 aliphatic heterocycles. The molecule has 0 N–H and O–H groups in total. The summed E-state index contributed by atoms with van der Waals surface area (Å²) >= 11 is 1.28. The summed E-state index contributed by atoms with van der Waals surface area (Å²) in [5.41, 5.74) is 1.22. The van der Waals surface area contributed by atoms with Gasteiger partial charge in [-0.25, -0.2) is 0 Å². The summed E-state index contributed by atoms with van der Waals surface area (Å²) in [5.74, 6) is -2.96. The van der Waals surface area contributed by atoms with Gasteiger partial charge in [0.05, 0.1) is 4.88 Å². The number of benzene rings is 1.